The molecule has 0 fully saturated rings. The number of alkyl halides is 1. The molecule has 0 bridgehead atoms. The molecule has 0 amide bonds. The van der Waals surface area contributed by atoms with Crippen LogP contribution in [0.25, 0.3) is 0 Å². The maximum atomic E-state index is 9.21. The Morgan fingerprint density at radius 3 is 2.29 bits per heavy atom. The molecule has 1 rings (SSSR count). The van der Waals surface area contributed by atoms with Crippen LogP contribution in [0.4, 0.5) is 0 Å². The number of phenolic OH excluding ortho intramolecular Hbond substituents is 1. The molecule has 0 aromatic heterocycles. The Kier molecular flexibility index (Phi) is 4.72. The minimum Gasteiger partial charge on any atom is -0.508 e. The number of rotatable bonds is 4. The van der Waals surface area contributed by atoms with E-state index in [4.69, 9.17) is 0 Å². The van der Waals surface area contributed by atoms with Crippen LogP contribution in [0.5, 0.6) is 5.75 Å². The number of halogens is 1. The minimum absolute atomic E-state index is 0.352. The molecule has 1 N–H and O–H groups in total. The Hall–Kier alpha value is -0.250. The van der Waals surface area contributed by atoms with E-state index in [1.165, 1.54) is 18.4 Å². The number of hydrogen-bond acceptors (Lipinski definition) is 1. The summed E-state index contributed by atoms with van der Waals surface area (Å²) < 4.78 is 0.636. The lowest BCUT2D eigenvalue weighted by atomic mass is 9.92. The van der Waals surface area contributed by atoms with Gasteiger partial charge < -0.3 is 5.11 Å². The minimum atomic E-state index is 0.352. The van der Waals surface area contributed by atoms with Crippen LogP contribution in [0.3, 0.4) is 0 Å². The molecule has 0 spiro atoms. The largest absolute Gasteiger partial charge is 0.508 e. The van der Waals surface area contributed by atoms with Crippen molar-refractivity contribution in [3.8, 4) is 5.75 Å². The van der Waals surface area contributed by atoms with E-state index < -0.39 is 0 Å². The molecule has 2 atom stereocenters. The SMILES string of the molecule is CCCC(c1ccc(O)cc1)C(C)I. The van der Waals surface area contributed by atoms with Crippen molar-refractivity contribution in [2.75, 3.05) is 0 Å². The second-order valence-electron chi connectivity index (χ2n) is 3.66. The van der Waals surface area contributed by atoms with Crippen LogP contribution in [0.15, 0.2) is 24.3 Å². The molecule has 0 saturated heterocycles. The third-order valence-corrected chi connectivity index (χ3v) is 3.34. The highest BCUT2D eigenvalue weighted by Gasteiger charge is 2.15. The van der Waals surface area contributed by atoms with Gasteiger partial charge in [0.2, 0.25) is 0 Å². The molecule has 0 heterocycles. The summed E-state index contributed by atoms with van der Waals surface area (Å²) in [5.74, 6) is 0.964. The van der Waals surface area contributed by atoms with Crippen LogP contribution in [0.2, 0.25) is 0 Å². The van der Waals surface area contributed by atoms with Crippen LogP contribution in [0.1, 0.15) is 38.2 Å². The third-order valence-electron chi connectivity index (χ3n) is 2.48. The topological polar surface area (TPSA) is 20.2 Å². The van der Waals surface area contributed by atoms with Gasteiger partial charge in [0.05, 0.1) is 0 Å². The Morgan fingerprint density at radius 2 is 1.86 bits per heavy atom. The standard InChI is InChI=1S/C12H17IO/c1-3-4-12(9(2)13)10-5-7-11(14)8-6-10/h5-9,12,14H,3-4H2,1-2H3. The van der Waals surface area contributed by atoms with Crippen molar-refractivity contribution in [3.05, 3.63) is 29.8 Å². The van der Waals surface area contributed by atoms with E-state index in [0.29, 0.717) is 15.6 Å². The first-order valence-electron chi connectivity index (χ1n) is 5.08. The van der Waals surface area contributed by atoms with E-state index in [2.05, 4.69) is 36.4 Å². The lowest BCUT2D eigenvalue weighted by molar-refractivity contribution is 0.474. The Labute approximate surface area is 99.7 Å². The summed E-state index contributed by atoms with van der Waals surface area (Å²) in [5, 5.41) is 9.21. The fourth-order valence-electron chi connectivity index (χ4n) is 1.69. The van der Waals surface area contributed by atoms with Crippen LogP contribution < -0.4 is 0 Å². The van der Waals surface area contributed by atoms with Gasteiger partial charge in [-0.3, -0.25) is 0 Å². The number of hydrogen-bond donors (Lipinski definition) is 1. The summed E-state index contributed by atoms with van der Waals surface area (Å²) in [6, 6.07) is 7.61. The van der Waals surface area contributed by atoms with E-state index in [0.717, 1.165) is 0 Å². The van der Waals surface area contributed by atoms with Crippen LogP contribution in [0, 0.1) is 0 Å². The molecule has 0 aliphatic heterocycles. The van der Waals surface area contributed by atoms with Gasteiger partial charge in [-0.2, -0.15) is 0 Å². The van der Waals surface area contributed by atoms with Crippen LogP contribution in [-0.2, 0) is 0 Å². The van der Waals surface area contributed by atoms with Crippen molar-refractivity contribution in [1.82, 2.24) is 0 Å². The number of phenols is 1. The predicted molar refractivity (Wildman–Crippen MR) is 69.2 cm³/mol. The van der Waals surface area contributed by atoms with Gasteiger partial charge in [-0.15, -0.1) is 0 Å². The summed E-state index contributed by atoms with van der Waals surface area (Å²) in [6.45, 7) is 4.46. The average Bonchev–Trinajstić information content (AvgIpc) is 2.15. The Bertz CT molecular complexity index is 266. The molecule has 0 aliphatic rings. The number of aromatic hydroxyl groups is 1. The molecule has 2 heteroatoms. The quantitative estimate of drug-likeness (QED) is 0.656. The maximum Gasteiger partial charge on any atom is 0.115 e. The zero-order chi connectivity index (χ0) is 10.6. The monoisotopic (exact) mass is 304 g/mol. The van der Waals surface area contributed by atoms with Crippen molar-refractivity contribution in [3.63, 3.8) is 0 Å². The van der Waals surface area contributed by atoms with Crippen molar-refractivity contribution in [1.29, 1.82) is 0 Å². The van der Waals surface area contributed by atoms with E-state index >= 15 is 0 Å². The molecule has 0 saturated carbocycles. The van der Waals surface area contributed by atoms with Gasteiger partial charge in [-0.05, 0) is 30.0 Å². The summed E-state index contributed by atoms with van der Waals surface area (Å²) in [4.78, 5) is 0. The average molecular weight is 304 g/mol. The molecule has 2 unspecified atom stereocenters. The van der Waals surface area contributed by atoms with Crippen LogP contribution in [-0.4, -0.2) is 9.03 Å². The third kappa shape index (κ3) is 3.15. The lowest BCUT2D eigenvalue weighted by Gasteiger charge is -2.19. The zero-order valence-electron chi connectivity index (χ0n) is 8.70. The molecule has 78 valence electrons. The van der Waals surface area contributed by atoms with Crippen molar-refractivity contribution in [2.24, 2.45) is 0 Å². The van der Waals surface area contributed by atoms with E-state index in [1.54, 1.807) is 12.1 Å². The lowest BCUT2D eigenvalue weighted by Crippen LogP contribution is -2.08. The van der Waals surface area contributed by atoms with Crippen molar-refractivity contribution in [2.45, 2.75) is 36.5 Å². The highest BCUT2D eigenvalue weighted by molar-refractivity contribution is 14.1. The van der Waals surface area contributed by atoms with Crippen molar-refractivity contribution < 1.29 is 5.11 Å². The molecule has 1 aromatic rings. The second kappa shape index (κ2) is 5.59. The molecule has 14 heavy (non-hydrogen) atoms. The maximum absolute atomic E-state index is 9.21. The molecular weight excluding hydrogens is 287 g/mol. The summed E-state index contributed by atoms with van der Waals surface area (Å²) >= 11 is 2.48. The first kappa shape index (κ1) is 11.8. The first-order chi connectivity index (χ1) is 6.65. The van der Waals surface area contributed by atoms with Gasteiger partial charge >= 0.3 is 0 Å². The fourth-order valence-corrected chi connectivity index (χ4v) is 2.47. The normalized spacial score (nSPS) is 15.1. The molecule has 1 aromatic carbocycles. The van der Waals surface area contributed by atoms with Crippen molar-refractivity contribution >= 4 is 22.6 Å². The van der Waals surface area contributed by atoms with E-state index in [1.807, 2.05) is 12.1 Å². The van der Waals surface area contributed by atoms with E-state index in [-0.39, 0.29) is 0 Å². The summed E-state index contributed by atoms with van der Waals surface area (Å²) in [5.41, 5.74) is 1.34. The van der Waals surface area contributed by atoms with Gasteiger partial charge in [0, 0.05) is 3.92 Å². The highest BCUT2D eigenvalue weighted by Crippen LogP contribution is 2.30. The summed E-state index contributed by atoms with van der Waals surface area (Å²) in [6.07, 6.45) is 2.42. The van der Waals surface area contributed by atoms with Gasteiger partial charge in [-0.1, -0.05) is 55.0 Å². The first-order valence-corrected chi connectivity index (χ1v) is 6.32. The van der Waals surface area contributed by atoms with E-state index in [9.17, 15) is 5.11 Å². The zero-order valence-corrected chi connectivity index (χ0v) is 10.9. The predicted octanol–water partition coefficient (Wildman–Crippen LogP) is 4.10. The molecule has 0 radical (unpaired) electrons. The fraction of sp³-hybridized carbons (Fsp3) is 0.500. The molecule has 0 aliphatic carbocycles. The molecular formula is C12H17IO. The highest BCUT2D eigenvalue weighted by atomic mass is 127. The van der Waals surface area contributed by atoms with Crippen LogP contribution >= 0.6 is 22.6 Å². The van der Waals surface area contributed by atoms with Gasteiger partial charge in [0.25, 0.3) is 0 Å². The molecule has 1 nitrogen and oxygen atoms in total. The van der Waals surface area contributed by atoms with Gasteiger partial charge in [0.15, 0.2) is 0 Å². The number of benzene rings is 1. The smallest absolute Gasteiger partial charge is 0.115 e. The van der Waals surface area contributed by atoms with Gasteiger partial charge in [0.1, 0.15) is 5.75 Å². The Morgan fingerprint density at radius 1 is 1.29 bits per heavy atom. The second-order valence-corrected chi connectivity index (χ2v) is 5.63. The van der Waals surface area contributed by atoms with Gasteiger partial charge in [-0.25, -0.2) is 0 Å². The summed E-state index contributed by atoms with van der Waals surface area (Å²) in [7, 11) is 0. The Balaban J connectivity index is 2.82.